The molecule has 1 N–H and O–H groups in total. The van der Waals surface area contributed by atoms with Crippen molar-refractivity contribution >= 4 is 50.7 Å². The Morgan fingerprint density at radius 1 is 1.19 bits per heavy atom. The lowest BCUT2D eigenvalue weighted by Gasteiger charge is -2.06. The highest BCUT2D eigenvalue weighted by Gasteiger charge is 2.17. The van der Waals surface area contributed by atoms with E-state index in [0.29, 0.717) is 10.5 Å². The van der Waals surface area contributed by atoms with Gasteiger partial charge < -0.3 is 4.74 Å². The Labute approximate surface area is 167 Å². The Kier molecular flexibility index (Phi) is 4.60. The van der Waals surface area contributed by atoms with E-state index in [1.807, 2.05) is 47.8 Å². The van der Waals surface area contributed by atoms with Gasteiger partial charge >= 0.3 is 0 Å². The molecule has 0 atom stereocenters. The van der Waals surface area contributed by atoms with Crippen LogP contribution < -0.4 is 10.1 Å². The maximum absolute atomic E-state index is 12.5. The van der Waals surface area contributed by atoms with E-state index in [1.54, 1.807) is 17.7 Å². The van der Waals surface area contributed by atoms with Crippen molar-refractivity contribution in [3.63, 3.8) is 0 Å². The molecule has 0 unspecified atom stereocenters. The van der Waals surface area contributed by atoms with Crippen molar-refractivity contribution in [3.05, 3.63) is 63.0 Å². The standard InChI is InChI=1S/C18H13IN4O2S/c1-25-15-9-5-3-7-12(15)14-10-26-18-21-17(22-23(14)18)20-16(24)11-6-2-4-8-13(11)19/h2-10H,1H3,(H,20,22,24). The molecule has 4 rings (SSSR count). The molecule has 2 aromatic carbocycles. The van der Waals surface area contributed by atoms with Crippen LogP contribution in [0, 0.1) is 3.57 Å². The maximum Gasteiger partial charge on any atom is 0.259 e. The van der Waals surface area contributed by atoms with Crippen LogP contribution in [0.1, 0.15) is 10.4 Å². The van der Waals surface area contributed by atoms with Crippen LogP contribution in [0.15, 0.2) is 53.9 Å². The second-order valence-electron chi connectivity index (χ2n) is 5.38. The van der Waals surface area contributed by atoms with Crippen molar-refractivity contribution in [2.45, 2.75) is 0 Å². The molecule has 0 bridgehead atoms. The highest BCUT2D eigenvalue weighted by molar-refractivity contribution is 14.1. The number of amides is 1. The fourth-order valence-electron chi connectivity index (χ4n) is 2.59. The van der Waals surface area contributed by atoms with Crippen LogP contribution in [0.25, 0.3) is 16.2 Å². The Morgan fingerprint density at radius 3 is 2.77 bits per heavy atom. The molecule has 0 aliphatic carbocycles. The van der Waals surface area contributed by atoms with Crippen molar-refractivity contribution in [1.82, 2.24) is 14.6 Å². The number of methoxy groups -OCH3 is 1. The molecule has 2 aromatic heterocycles. The highest BCUT2D eigenvalue weighted by atomic mass is 127. The van der Waals surface area contributed by atoms with E-state index >= 15 is 0 Å². The first kappa shape index (κ1) is 17.0. The molecule has 0 radical (unpaired) electrons. The summed E-state index contributed by atoms with van der Waals surface area (Å²) < 4.78 is 8.02. The number of aromatic nitrogens is 3. The molecule has 0 saturated carbocycles. The van der Waals surface area contributed by atoms with Gasteiger partial charge in [0.25, 0.3) is 11.9 Å². The summed E-state index contributed by atoms with van der Waals surface area (Å²) in [6.07, 6.45) is 0. The molecule has 0 fully saturated rings. The van der Waals surface area contributed by atoms with Crippen LogP contribution >= 0.6 is 33.9 Å². The van der Waals surface area contributed by atoms with Gasteiger partial charge in [0.2, 0.25) is 4.96 Å². The Balaban J connectivity index is 1.68. The predicted molar refractivity (Wildman–Crippen MR) is 110 cm³/mol. The van der Waals surface area contributed by atoms with E-state index in [4.69, 9.17) is 4.74 Å². The molecule has 6 nitrogen and oxygen atoms in total. The monoisotopic (exact) mass is 476 g/mol. The molecule has 0 aliphatic rings. The van der Waals surface area contributed by atoms with Crippen molar-refractivity contribution in [2.24, 2.45) is 0 Å². The summed E-state index contributed by atoms with van der Waals surface area (Å²) in [6, 6.07) is 15.1. The summed E-state index contributed by atoms with van der Waals surface area (Å²) >= 11 is 3.59. The molecule has 2 heterocycles. The molecule has 0 aliphatic heterocycles. The zero-order valence-corrected chi connectivity index (χ0v) is 16.6. The summed E-state index contributed by atoms with van der Waals surface area (Å²) in [5.74, 6) is 0.803. The molecule has 130 valence electrons. The van der Waals surface area contributed by atoms with Crippen molar-refractivity contribution < 1.29 is 9.53 Å². The minimum Gasteiger partial charge on any atom is -0.496 e. The third-order valence-corrected chi connectivity index (χ3v) is 5.57. The number of rotatable bonds is 4. The van der Waals surface area contributed by atoms with Crippen molar-refractivity contribution in [1.29, 1.82) is 0 Å². The van der Waals surface area contributed by atoms with Gasteiger partial charge in [0.05, 0.1) is 18.4 Å². The van der Waals surface area contributed by atoms with Crippen LogP contribution in [-0.4, -0.2) is 27.6 Å². The fourth-order valence-corrected chi connectivity index (χ4v) is 4.04. The highest BCUT2D eigenvalue weighted by Crippen LogP contribution is 2.32. The number of ether oxygens (including phenoxy) is 1. The topological polar surface area (TPSA) is 68.5 Å². The summed E-state index contributed by atoms with van der Waals surface area (Å²) in [7, 11) is 1.64. The SMILES string of the molecule is COc1ccccc1-c1csc2nc(NC(=O)c3ccccc3I)nn12. The van der Waals surface area contributed by atoms with E-state index in [-0.39, 0.29) is 11.9 Å². The third-order valence-electron chi connectivity index (χ3n) is 3.81. The van der Waals surface area contributed by atoms with Gasteiger partial charge in [0.1, 0.15) is 5.75 Å². The number of carbonyl (C=O) groups excluding carboxylic acids is 1. The maximum atomic E-state index is 12.5. The van der Waals surface area contributed by atoms with Crippen molar-refractivity contribution in [3.8, 4) is 17.0 Å². The lowest BCUT2D eigenvalue weighted by Crippen LogP contribution is -2.14. The van der Waals surface area contributed by atoms with Crippen LogP contribution in [0.3, 0.4) is 0 Å². The molecular formula is C18H13IN4O2S. The van der Waals surface area contributed by atoms with Gasteiger partial charge in [-0.15, -0.1) is 16.4 Å². The predicted octanol–water partition coefficient (Wildman–Crippen LogP) is 4.32. The number of hydrogen-bond donors (Lipinski definition) is 1. The number of halogens is 1. The summed E-state index contributed by atoms with van der Waals surface area (Å²) in [5.41, 5.74) is 2.38. The Morgan fingerprint density at radius 2 is 1.96 bits per heavy atom. The van der Waals surface area contributed by atoms with Gasteiger partial charge in [-0.3, -0.25) is 10.1 Å². The van der Waals surface area contributed by atoms with E-state index in [9.17, 15) is 4.79 Å². The number of hydrogen-bond acceptors (Lipinski definition) is 5. The number of thiazole rings is 1. The third kappa shape index (κ3) is 3.06. The van der Waals surface area contributed by atoms with Crippen LogP contribution in [0.2, 0.25) is 0 Å². The van der Waals surface area contributed by atoms with Crippen LogP contribution in [-0.2, 0) is 0 Å². The van der Waals surface area contributed by atoms with Gasteiger partial charge in [-0.25, -0.2) is 4.52 Å². The first-order chi connectivity index (χ1) is 12.7. The lowest BCUT2D eigenvalue weighted by molar-refractivity contribution is 0.102. The zero-order valence-electron chi connectivity index (χ0n) is 13.6. The number of nitrogens with zero attached hydrogens (tertiary/aromatic N) is 3. The van der Waals surface area contributed by atoms with Crippen molar-refractivity contribution in [2.75, 3.05) is 12.4 Å². The average molecular weight is 476 g/mol. The van der Waals surface area contributed by atoms with Crippen LogP contribution in [0.5, 0.6) is 5.75 Å². The molecule has 26 heavy (non-hydrogen) atoms. The first-order valence-corrected chi connectivity index (χ1v) is 9.67. The fraction of sp³-hybridized carbons (Fsp3) is 0.0556. The lowest BCUT2D eigenvalue weighted by atomic mass is 10.1. The second kappa shape index (κ2) is 7.04. The summed E-state index contributed by atoms with van der Waals surface area (Å²) in [6.45, 7) is 0. The number of benzene rings is 2. The van der Waals surface area contributed by atoms with E-state index in [2.05, 4.69) is 38.0 Å². The smallest absolute Gasteiger partial charge is 0.259 e. The quantitative estimate of drug-likeness (QED) is 0.446. The van der Waals surface area contributed by atoms with E-state index in [1.165, 1.54) is 11.3 Å². The molecule has 4 aromatic rings. The van der Waals surface area contributed by atoms with E-state index < -0.39 is 0 Å². The Bertz CT molecular complexity index is 1110. The van der Waals surface area contributed by atoms with Crippen LogP contribution in [0.4, 0.5) is 5.95 Å². The summed E-state index contributed by atoms with van der Waals surface area (Å²) in [4.78, 5) is 17.6. The largest absolute Gasteiger partial charge is 0.496 e. The molecule has 0 spiro atoms. The first-order valence-electron chi connectivity index (χ1n) is 7.71. The van der Waals surface area contributed by atoms with Gasteiger partial charge in [0.15, 0.2) is 0 Å². The van der Waals surface area contributed by atoms with E-state index in [0.717, 1.165) is 20.6 Å². The zero-order chi connectivity index (χ0) is 18.1. The molecular weight excluding hydrogens is 463 g/mol. The Hall–Kier alpha value is -2.46. The minimum absolute atomic E-state index is 0.230. The van der Waals surface area contributed by atoms with Gasteiger partial charge in [-0.1, -0.05) is 24.3 Å². The minimum atomic E-state index is -0.230. The second-order valence-corrected chi connectivity index (χ2v) is 7.38. The number of fused-ring (bicyclic) bond motifs is 1. The number of nitrogens with one attached hydrogen (secondary N) is 1. The average Bonchev–Trinajstić information content (AvgIpc) is 3.22. The normalized spacial score (nSPS) is 10.8. The molecule has 8 heteroatoms. The number of para-hydroxylation sites is 1. The molecule has 0 saturated heterocycles. The van der Waals surface area contributed by atoms with Gasteiger partial charge in [-0.05, 0) is 46.9 Å². The summed E-state index contributed by atoms with van der Waals surface area (Å²) in [5, 5.41) is 9.19. The number of anilines is 1. The van der Waals surface area contributed by atoms with Gasteiger partial charge in [-0.2, -0.15) is 4.98 Å². The number of carbonyl (C=O) groups is 1. The van der Waals surface area contributed by atoms with Gasteiger partial charge in [0, 0.05) is 14.5 Å². The molecule has 1 amide bonds.